The Kier molecular flexibility index (Phi) is 5.17. The van der Waals surface area contributed by atoms with Gasteiger partial charge in [0.05, 0.1) is 0 Å². The van der Waals surface area contributed by atoms with Crippen molar-refractivity contribution in [3.05, 3.63) is 118 Å². The van der Waals surface area contributed by atoms with Crippen LogP contribution in [0.4, 0.5) is 0 Å². The highest BCUT2D eigenvalue weighted by Gasteiger charge is 2.30. The molecule has 0 bridgehead atoms. The van der Waals surface area contributed by atoms with Crippen LogP contribution in [0.3, 0.4) is 0 Å². The number of nitrogens with zero attached hydrogens (tertiary/aromatic N) is 1. The Morgan fingerprint density at radius 1 is 0.867 bits per heavy atom. The van der Waals surface area contributed by atoms with Crippen LogP contribution in [0.25, 0.3) is 11.6 Å². The highest BCUT2D eigenvalue weighted by molar-refractivity contribution is 6.11. The van der Waals surface area contributed by atoms with Crippen molar-refractivity contribution in [2.24, 2.45) is 5.16 Å². The molecule has 1 aliphatic carbocycles. The monoisotopic (exact) mass is 393 g/mol. The normalized spacial score (nSPS) is 15.3. The maximum Gasteiger partial charge on any atom is 0.109 e. The number of benzene rings is 3. The van der Waals surface area contributed by atoms with E-state index in [0.717, 1.165) is 11.1 Å². The molecule has 2 heteroatoms. The molecule has 0 saturated carbocycles. The zero-order chi connectivity index (χ0) is 21.3. The van der Waals surface area contributed by atoms with Gasteiger partial charge in [0, 0.05) is 11.0 Å². The molecular weight excluding hydrogens is 366 g/mol. The lowest BCUT2D eigenvalue weighted by Gasteiger charge is -2.18. The van der Waals surface area contributed by atoms with Crippen molar-refractivity contribution in [3.63, 3.8) is 0 Å². The highest BCUT2D eigenvalue weighted by Crippen LogP contribution is 2.43. The summed E-state index contributed by atoms with van der Waals surface area (Å²) in [4.78, 5) is 0. The molecule has 2 nitrogen and oxygen atoms in total. The smallest absolute Gasteiger partial charge is 0.109 e. The Morgan fingerprint density at radius 3 is 2.13 bits per heavy atom. The first kappa shape index (κ1) is 19.9. The standard InChI is InChI=1S/C28H27NO/c1-19-5-9-21(10-6-19)11-16-27(29-30)23-14-15-24-25(18-28(3,4)26(24)17-23)22-12-7-20(2)8-13-22/h5-18,30H,1-4H3/b16-11+,29-27-. The average molecular weight is 394 g/mol. The topological polar surface area (TPSA) is 32.6 Å². The molecule has 0 aromatic heterocycles. The minimum atomic E-state index is -0.0905. The maximum atomic E-state index is 9.66. The van der Waals surface area contributed by atoms with Crippen LogP contribution in [-0.4, -0.2) is 10.9 Å². The van der Waals surface area contributed by atoms with Crippen LogP contribution in [0.2, 0.25) is 0 Å². The SMILES string of the molecule is Cc1ccc(/C=C/C(=N/O)c2ccc3c(c2)C(C)(C)C=C3c2ccc(C)cc2)cc1. The van der Waals surface area contributed by atoms with E-state index < -0.39 is 0 Å². The van der Waals surface area contributed by atoms with E-state index in [0.29, 0.717) is 5.71 Å². The van der Waals surface area contributed by atoms with Crippen molar-refractivity contribution in [3.8, 4) is 0 Å². The summed E-state index contributed by atoms with van der Waals surface area (Å²) in [5.41, 5.74) is 9.92. The van der Waals surface area contributed by atoms with Crippen molar-refractivity contribution in [2.45, 2.75) is 33.1 Å². The fraction of sp³-hybridized carbons (Fsp3) is 0.179. The van der Waals surface area contributed by atoms with Gasteiger partial charge in [0.2, 0.25) is 0 Å². The summed E-state index contributed by atoms with van der Waals surface area (Å²) >= 11 is 0. The highest BCUT2D eigenvalue weighted by atomic mass is 16.4. The van der Waals surface area contributed by atoms with Crippen LogP contribution < -0.4 is 0 Å². The molecule has 0 spiro atoms. The summed E-state index contributed by atoms with van der Waals surface area (Å²) < 4.78 is 0. The molecule has 3 aromatic carbocycles. The van der Waals surface area contributed by atoms with E-state index in [1.165, 1.54) is 33.4 Å². The van der Waals surface area contributed by atoms with E-state index in [2.05, 4.69) is 99.6 Å². The van der Waals surface area contributed by atoms with E-state index in [1.807, 2.05) is 18.2 Å². The zero-order valence-electron chi connectivity index (χ0n) is 18.0. The number of rotatable bonds is 4. The molecule has 3 aromatic rings. The van der Waals surface area contributed by atoms with Gasteiger partial charge in [0.25, 0.3) is 0 Å². The maximum absolute atomic E-state index is 9.66. The van der Waals surface area contributed by atoms with Gasteiger partial charge in [-0.3, -0.25) is 0 Å². The van der Waals surface area contributed by atoms with Gasteiger partial charge >= 0.3 is 0 Å². The van der Waals surface area contributed by atoms with Crippen LogP contribution in [-0.2, 0) is 5.41 Å². The first-order valence-electron chi connectivity index (χ1n) is 10.3. The molecule has 0 radical (unpaired) electrons. The lowest BCUT2D eigenvalue weighted by atomic mass is 9.85. The predicted molar refractivity (Wildman–Crippen MR) is 126 cm³/mol. The first-order chi connectivity index (χ1) is 14.4. The number of aryl methyl sites for hydroxylation is 2. The van der Waals surface area contributed by atoms with Crippen molar-refractivity contribution in [2.75, 3.05) is 0 Å². The van der Waals surface area contributed by atoms with E-state index >= 15 is 0 Å². The van der Waals surface area contributed by atoms with Gasteiger partial charge in [0.1, 0.15) is 5.71 Å². The Labute approximate surface area is 178 Å². The van der Waals surface area contributed by atoms with Crippen LogP contribution in [0.5, 0.6) is 0 Å². The summed E-state index contributed by atoms with van der Waals surface area (Å²) in [7, 11) is 0. The lowest BCUT2D eigenvalue weighted by Crippen LogP contribution is -2.12. The number of hydrogen-bond acceptors (Lipinski definition) is 2. The van der Waals surface area contributed by atoms with Crippen molar-refractivity contribution >= 4 is 17.4 Å². The summed E-state index contributed by atoms with van der Waals surface area (Å²) in [6.07, 6.45) is 6.18. The number of oxime groups is 1. The fourth-order valence-electron chi connectivity index (χ4n) is 4.00. The van der Waals surface area contributed by atoms with Gasteiger partial charge < -0.3 is 5.21 Å². The van der Waals surface area contributed by atoms with Crippen molar-refractivity contribution in [1.82, 2.24) is 0 Å². The molecule has 1 N–H and O–H groups in total. The Hall–Kier alpha value is -3.39. The molecule has 0 amide bonds. The Bertz CT molecular complexity index is 1160. The van der Waals surface area contributed by atoms with Crippen molar-refractivity contribution < 1.29 is 5.21 Å². The molecule has 0 saturated heterocycles. The van der Waals surface area contributed by atoms with Gasteiger partial charge in [-0.1, -0.05) is 103 Å². The third-order valence-corrected chi connectivity index (χ3v) is 5.79. The lowest BCUT2D eigenvalue weighted by molar-refractivity contribution is 0.320. The number of hydrogen-bond donors (Lipinski definition) is 1. The van der Waals surface area contributed by atoms with Gasteiger partial charge in [0.15, 0.2) is 0 Å². The molecule has 30 heavy (non-hydrogen) atoms. The van der Waals surface area contributed by atoms with Crippen LogP contribution in [0, 0.1) is 13.8 Å². The third-order valence-electron chi connectivity index (χ3n) is 5.79. The second kappa shape index (κ2) is 7.79. The second-order valence-corrected chi connectivity index (χ2v) is 8.64. The summed E-state index contributed by atoms with van der Waals surface area (Å²) in [5.74, 6) is 0. The summed E-state index contributed by atoms with van der Waals surface area (Å²) in [5, 5.41) is 13.2. The van der Waals surface area contributed by atoms with Gasteiger partial charge in [-0.25, -0.2) is 0 Å². The second-order valence-electron chi connectivity index (χ2n) is 8.64. The molecule has 150 valence electrons. The quantitative estimate of drug-likeness (QED) is 0.291. The van der Waals surface area contributed by atoms with E-state index in [-0.39, 0.29) is 5.41 Å². The largest absolute Gasteiger partial charge is 0.410 e. The molecule has 0 fully saturated rings. The molecule has 0 aliphatic heterocycles. The Balaban J connectivity index is 1.68. The number of allylic oxidation sites excluding steroid dienone is 2. The predicted octanol–water partition coefficient (Wildman–Crippen LogP) is 6.92. The zero-order valence-corrected chi connectivity index (χ0v) is 18.0. The number of fused-ring (bicyclic) bond motifs is 1. The van der Waals surface area contributed by atoms with Crippen molar-refractivity contribution in [1.29, 1.82) is 0 Å². The molecule has 1 aliphatic rings. The minimum absolute atomic E-state index is 0.0905. The van der Waals surface area contributed by atoms with Gasteiger partial charge in [-0.05, 0) is 53.8 Å². The van der Waals surface area contributed by atoms with Gasteiger partial charge in [-0.2, -0.15) is 0 Å². The fourth-order valence-corrected chi connectivity index (χ4v) is 4.00. The molecule has 0 heterocycles. The van der Waals surface area contributed by atoms with E-state index in [9.17, 15) is 5.21 Å². The van der Waals surface area contributed by atoms with Gasteiger partial charge in [-0.15, -0.1) is 0 Å². The van der Waals surface area contributed by atoms with E-state index in [1.54, 1.807) is 0 Å². The molecule has 0 atom stereocenters. The molecular formula is C28H27NO. The average Bonchev–Trinajstić information content (AvgIpc) is 3.01. The van der Waals surface area contributed by atoms with Crippen LogP contribution >= 0.6 is 0 Å². The third kappa shape index (κ3) is 3.86. The summed E-state index contributed by atoms with van der Waals surface area (Å²) in [6, 6.07) is 23.3. The summed E-state index contributed by atoms with van der Waals surface area (Å²) in [6.45, 7) is 8.64. The Morgan fingerprint density at radius 2 is 1.50 bits per heavy atom. The van der Waals surface area contributed by atoms with Crippen LogP contribution in [0.1, 0.15) is 52.8 Å². The molecule has 4 rings (SSSR count). The van der Waals surface area contributed by atoms with Crippen LogP contribution in [0.15, 0.2) is 84.0 Å². The van der Waals surface area contributed by atoms with E-state index in [4.69, 9.17) is 0 Å². The molecule has 0 unspecified atom stereocenters. The minimum Gasteiger partial charge on any atom is -0.410 e. The first-order valence-corrected chi connectivity index (χ1v) is 10.3.